The summed E-state index contributed by atoms with van der Waals surface area (Å²) in [5.74, 6) is 0. The molecule has 0 amide bonds. The van der Waals surface area contributed by atoms with Crippen molar-refractivity contribution in [3.8, 4) is 0 Å². The highest BCUT2D eigenvalue weighted by atomic mass is 16.6. The zero-order valence-corrected chi connectivity index (χ0v) is 13.4. The summed E-state index contributed by atoms with van der Waals surface area (Å²) in [7, 11) is 0. The van der Waals surface area contributed by atoms with E-state index >= 15 is 0 Å². The van der Waals surface area contributed by atoms with Crippen molar-refractivity contribution in [2.45, 2.75) is 77.1 Å². The maximum atomic E-state index is 6.07. The first-order valence-corrected chi connectivity index (χ1v) is 8.67. The van der Waals surface area contributed by atoms with Crippen LogP contribution in [0.2, 0.25) is 0 Å². The van der Waals surface area contributed by atoms with Crippen molar-refractivity contribution in [1.82, 2.24) is 0 Å². The van der Waals surface area contributed by atoms with Gasteiger partial charge in [-0.1, -0.05) is 82.2 Å². The normalized spacial score (nSPS) is 18.6. The van der Waals surface area contributed by atoms with Crippen molar-refractivity contribution in [2.24, 2.45) is 0 Å². The van der Waals surface area contributed by atoms with Crippen LogP contribution in [0.1, 0.15) is 63.9 Å². The molecule has 1 aromatic rings. The molecule has 1 saturated heterocycles. The van der Waals surface area contributed by atoms with Crippen LogP contribution in [-0.4, -0.2) is 18.8 Å². The summed E-state index contributed by atoms with van der Waals surface area (Å²) in [5, 5.41) is 0. The molecule has 0 unspecified atom stereocenters. The summed E-state index contributed by atoms with van der Waals surface area (Å²) < 4.78 is 11.5. The van der Waals surface area contributed by atoms with Gasteiger partial charge in [0.05, 0.1) is 19.3 Å². The lowest BCUT2D eigenvalue weighted by atomic mass is 10.0. The molecule has 1 aromatic carbocycles. The largest absolute Gasteiger partial charge is 0.371 e. The van der Waals surface area contributed by atoms with Crippen molar-refractivity contribution in [3.05, 3.63) is 35.9 Å². The van der Waals surface area contributed by atoms with Crippen LogP contribution >= 0.6 is 0 Å². The van der Waals surface area contributed by atoms with Crippen LogP contribution in [-0.2, 0) is 16.1 Å². The van der Waals surface area contributed by atoms with E-state index in [4.69, 9.17) is 9.47 Å². The molecule has 0 saturated carbocycles. The molecule has 2 atom stereocenters. The van der Waals surface area contributed by atoms with E-state index in [-0.39, 0.29) is 0 Å². The van der Waals surface area contributed by atoms with Crippen molar-refractivity contribution >= 4 is 0 Å². The molecule has 21 heavy (non-hydrogen) atoms. The van der Waals surface area contributed by atoms with Crippen molar-refractivity contribution in [3.63, 3.8) is 0 Å². The Labute approximate surface area is 129 Å². The Morgan fingerprint density at radius 1 is 1.05 bits per heavy atom. The highest BCUT2D eigenvalue weighted by Gasteiger charge is 2.33. The minimum atomic E-state index is 0.292. The smallest absolute Gasteiger partial charge is 0.107 e. The topological polar surface area (TPSA) is 21.8 Å². The maximum Gasteiger partial charge on any atom is 0.107 e. The molecule has 0 radical (unpaired) electrons. The molecule has 1 aliphatic rings. The predicted octanol–water partition coefficient (Wildman–Crippen LogP) is 5.11. The summed E-state index contributed by atoms with van der Waals surface area (Å²) >= 11 is 0. The first-order valence-electron chi connectivity index (χ1n) is 8.67. The van der Waals surface area contributed by atoms with Crippen LogP contribution in [0.5, 0.6) is 0 Å². The second-order valence-corrected chi connectivity index (χ2v) is 6.12. The van der Waals surface area contributed by atoms with Crippen LogP contribution < -0.4 is 0 Å². The summed E-state index contributed by atoms with van der Waals surface area (Å²) in [6.45, 7) is 3.86. The van der Waals surface area contributed by atoms with Gasteiger partial charge in [0.2, 0.25) is 0 Å². The Morgan fingerprint density at radius 2 is 1.71 bits per heavy atom. The van der Waals surface area contributed by atoms with Gasteiger partial charge in [-0.2, -0.15) is 0 Å². The van der Waals surface area contributed by atoms with Gasteiger partial charge in [0, 0.05) is 0 Å². The van der Waals surface area contributed by atoms with E-state index < -0.39 is 0 Å². The molecule has 2 rings (SSSR count). The van der Waals surface area contributed by atoms with E-state index in [2.05, 4.69) is 31.2 Å². The molecule has 0 aliphatic carbocycles. The highest BCUT2D eigenvalue weighted by molar-refractivity contribution is 5.13. The molecule has 0 bridgehead atoms. The summed E-state index contributed by atoms with van der Waals surface area (Å²) in [4.78, 5) is 0. The summed E-state index contributed by atoms with van der Waals surface area (Å²) in [6.07, 6.45) is 11.3. The van der Waals surface area contributed by atoms with Gasteiger partial charge in [-0.3, -0.25) is 0 Å². The number of epoxide rings is 1. The van der Waals surface area contributed by atoms with Crippen molar-refractivity contribution in [2.75, 3.05) is 6.61 Å². The first kappa shape index (κ1) is 16.5. The van der Waals surface area contributed by atoms with Gasteiger partial charge in [0.1, 0.15) is 6.10 Å². The van der Waals surface area contributed by atoms with E-state index in [1.54, 1.807) is 0 Å². The van der Waals surface area contributed by atoms with Crippen LogP contribution in [0.4, 0.5) is 0 Å². The standard InChI is InChI=1S/C19H30O2/c1-2-3-4-5-6-7-11-14-18(19-16-21-19)20-15-17-12-9-8-10-13-17/h8-10,12-13,18-19H,2-7,11,14-16H2,1H3/t18-,19-/m0/s1. The van der Waals surface area contributed by atoms with Crippen molar-refractivity contribution < 1.29 is 9.47 Å². The minimum absolute atomic E-state index is 0.292. The first-order chi connectivity index (χ1) is 10.4. The Bertz CT molecular complexity index is 359. The highest BCUT2D eigenvalue weighted by Crippen LogP contribution is 2.23. The Morgan fingerprint density at radius 3 is 2.38 bits per heavy atom. The van der Waals surface area contributed by atoms with Crippen LogP contribution in [0, 0.1) is 0 Å². The van der Waals surface area contributed by atoms with Crippen LogP contribution in [0.25, 0.3) is 0 Å². The SMILES string of the molecule is CCCCCCCCC[C@H](OCc1ccccc1)[C@@H]1CO1. The van der Waals surface area contributed by atoms with E-state index in [0.717, 1.165) is 13.0 Å². The second-order valence-electron chi connectivity index (χ2n) is 6.12. The van der Waals surface area contributed by atoms with Crippen LogP contribution in [0.3, 0.4) is 0 Å². The fourth-order valence-corrected chi connectivity index (χ4v) is 2.73. The summed E-state index contributed by atoms with van der Waals surface area (Å²) in [6, 6.07) is 10.4. The minimum Gasteiger partial charge on any atom is -0.371 e. The zero-order chi connectivity index (χ0) is 14.8. The van der Waals surface area contributed by atoms with Crippen molar-refractivity contribution in [1.29, 1.82) is 0 Å². The molecule has 2 nitrogen and oxygen atoms in total. The number of hydrogen-bond donors (Lipinski definition) is 0. The third-order valence-corrected chi connectivity index (χ3v) is 4.17. The average Bonchev–Trinajstić information content (AvgIpc) is 3.35. The zero-order valence-electron chi connectivity index (χ0n) is 13.4. The van der Waals surface area contributed by atoms with E-state index in [1.807, 2.05) is 6.07 Å². The van der Waals surface area contributed by atoms with Gasteiger partial charge in [-0.05, 0) is 12.0 Å². The molecule has 1 heterocycles. The molecule has 1 fully saturated rings. The molecule has 0 aromatic heterocycles. The van der Waals surface area contributed by atoms with Gasteiger partial charge >= 0.3 is 0 Å². The number of ether oxygens (including phenoxy) is 2. The van der Waals surface area contributed by atoms with E-state index in [1.165, 1.54) is 50.5 Å². The number of hydrogen-bond acceptors (Lipinski definition) is 2. The fraction of sp³-hybridized carbons (Fsp3) is 0.684. The lowest BCUT2D eigenvalue weighted by molar-refractivity contribution is 0.0148. The quantitative estimate of drug-likeness (QED) is 0.394. The van der Waals surface area contributed by atoms with Crippen LogP contribution in [0.15, 0.2) is 30.3 Å². The second kappa shape index (κ2) is 9.97. The monoisotopic (exact) mass is 290 g/mol. The molecular formula is C19H30O2. The molecule has 2 heteroatoms. The molecule has 1 aliphatic heterocycles. The lowest BCUT2D eigenvalue weighted by Gasteiger charge is -2.16. The van der Waals surface area contributed by atoms with Gasteiger partial charge < -0.3 is 9.47 Å². The number of rotatable bonds is 12. The molecule has 118 valence electrons. The van der Waals surface area contributed by atoms with Gasteiger partial charge in [0.15, 0.2) is 0 Å². The Kier molecular flexibility index (Phi) is 7.83. The van der Waals surface area contributed by atoms with Gasteiger partial charge in [-0.15, -0.1) is 0 Å². The predicted molar refractivity (Wildman–Crippen MR) is 87.4 cm³/mol. The fourth-order valence-electron chi connectivity index (χ4n) is 2.73. The van der Waals surface area contributed by atoms with E-state index in [9.17, 15) is 0 Å². The molecule has 0 spiro atoms. The number of benzene rings is 1. The van der Waals surface area contributed by atoms with E-state index in [0.29, 0.717) is 18.8 Å². The summed E-state index contributed by atoms with van der Waals surface area (Å²) in [5.41, 5.74) is 1.25. The lowest BCUT2D eigenvalue weighted by Crippen LogP contribution is -2.19. The van der Waals surface area contributed by atoms with Gasteiger partial charge in [-0.25, -0.2) is 0 Å². The molecule has 0 N–H and O–H groups in total. The Balaban J connectivity index is 1.57. The molecular weight excluding hydrogens is 260 g/mol. The number of unbranched alkanes of at least 4 members (excludes halogenated alkanes) is 6. The Hall–Kier alpha value is -0.860. The third-order valence-electron chi connectivity index (χ3n) is 4.17. The average molecular weight is 290 g/mol. The third kappa shape index (κ3) is 7.10. The van der Waals surface area contributed by atoms with Gasteiger partial charge in [0.25, 0.3) is 0 Å². The maximum absolute atomic E-state index is 6.07.